The SMILES string of the molecule is COc1c([N+](=O)[O-])cc(NC(=O)C(c2ccccc2)c2ccccc2)cc1[N+](=O)[O-]. The van der Waals surface area contributed by atoms with Crippen LogP contribution in [-0.4, -0.2) is 22.9 Å². The van der Waals surface area contributed by atoms with Crippen molar-refractivity contribution in [3.8, 4) is 5.75 Å². The number of nitrogens with zero attached hydrogens (tertiary/aromatic N) is 2. The maximum atomic E-state index is 13.1. The second-order valence-electron chi connectivity index (χ2n) is 6.31. The minimum Gasteiger partial charge on any atom is -0.485 e. The van der Waals surface area contributed by atoms with Gasteiger partial charge in [-0.15, -0.1) is 0 Å². The fourth-order valence-corrected chi connectivity index (χ4v) is 3.15. The van der Waals surface area contributed by atoms with Crippen LogP contribution in [0.3, 0.4) is 0 Å². The van der Waals surface area contributed by atoms with E-state index in [2.05, 4.69) is 5.32 Å². The summed E-state index contributed by atoms with van der Waals surface area (Å²) in [7, 11) is 1.11. The van der Waals surface area contributed by atoms with Gasteiger partial charge >= 0.3 is 11.4 Å². The first-order valence-electron chi connectivity index (χ1n) is 8.84. The molecule has 0 heterocycles. The smallest absolute Gasteiger partial charge is 0.320 e. The summed E-state index contributed by atoms with van der Waals surface area (Å²) in [6, 6.07) is 20.0. The molecule has 3 aromatic carbocycles. The van der Waals surface area contributed by atoms with Crippen molar-refractivity contribution in [3.05, 3.63) is 104 Å². The van der Waals surface area contributed by atoms with Crippen LogP contribution in [0.2, 0.25) is 0 Å². The van der Waals surface area contributed by atoms with Crippen molar-refractivity contribution in [3.63, 3.8) is 0 Å². The lowest BCUT2D eigenvalue weighted by Crippen LogP contribution is -2.22. The first kappa shape index (κ1) is 20.5. The van der Waals surface area contributed by atoms with Crippen LogP contribution in [0, 0.1) is 20.2 Å². The van der Waals surface area contributed by atoms with Crippen molar-refractivity contribution >= 4 is 23.0 Å². The molecule has 0 radical (unpaired) electrons. The third-order valence-electron chi connectivity index (χ3n) is 4.44. The molecule has 0 unspecified atom stereocenters. The van der Waals surface area contributed by atoms with Gasteiger partial charge in [-0.25, -0.2) is 0 Å². The molecule has 9 heteroatoms. The van der Waals surface area contributed by atoms with Crippen molar-refractivity contribution in [2.45, 2.75) is 5.92 Å². The molecule has 0 bridgehead atoms. The van der Waals surface area contributed by atoms with Crippen molar-refractivity contribution < 1.29 is 19.4 Å². The number of amides is 1. The summed E-state index contributed by atoms with van der Waals surface area (Å²) in [5.74, 6) is -1.68. The summed E-state index contributed by atoms with van der Waals surface area (Å²) in [5.41, 5.74) is 0.115. The topological polar surface area (TPSA) is 125 Å². The quantitative estimate of drug-likeness (QED) is 0.460. The number of ether oxygens (including phenoxy) is 1. The lowest BCUT2D eigenvalue weighted by Gasteiger charge is -2.18. The minimum atomic E-state index is -0.798. The lowest BCUT2D eigenvalue weighted by atomic mass is 9.90. The molecule has 1 N–H and O–H groups in total. The number of carbonyl (C=O) groups excluding carboxylic acids is 1. The Morgan fingerprint density at radius 3 is 1.67 bits per heavy atom. The van der Waals surface area contributed by atoms with Crippen molar-refractivity contribution in [1.29, 1.82) is 0 Å². The van der Waals surface area contributed by atoms with Gasteiger partial charge in [-0.05, 0) is 11.1 Å². The molecule has 0 aliphatic carbocycles. The van der Waals surface area contributed by atoms with E-state index in [1.165, 1.54) is 0 Å². The van der Waals surface area contributed by atoms with Crippen molar-refractivity contribution in [1.82, 2.24) is 0 Å². The molecule has 0 saturated carbocycles. The molecule has 152 valence electrons. The van der Waals surface area contributed by atoms with Gasteiger partial charge in [-0.3, -0.25) is 25.0 Å². The van der Waals surface area contributed by atoms with Gasteiger partial charge < -0.3 is 10.1 Å². The van der Waals surface area contributed by atoms with Gasteiger partial charge in [-0.2, -0.15) is 0 Å². The molecule has 0 atom stereocenters. The number of nitrogens with one attached hydrogen (secondary N) is 1. The molecule has 1 amide bonds. The predicted molar refractivity (Wildman–Crippen MR) is 110 cm³/mol. The first-order valence-corrected chi connectivity index (χ1v) is 8.84. The van der Waals surface area contributed by atoms with Gasteiger partial charge in [0.15, 0.2) is 0 Å². The maximum Gasteiger partial charge on any atom is 0.320 e. The molecule has 0 aliphatic rings. The standard InChI is InChI=1S/C21H17N3O6/c1-30-20-17(23(26)27)12-16(13-18(20)24(28)29)22-21(25)19(14-8-4-2-5-9-14)15-10-6-3-7-11-15/h2-13,19H,1H3,(H,22,25). The molecule has 0 fully saturated rings. The van der Waals surface area contributed by atoms with Crippen molar-refractivity contribution in [2.75, 3.05) is 12.4 Å². The Bertz CT molecular complexity index is 1010. The van der Waals surface area contributed by atoms with Crippen LogP contribution < -0.4 is 10.1 Å². The number of nitro groups is 2. The minimum absolute atomic E-state index is 0.0731. The van der Waals surface area contributed by atoms with E-state index in [1.807, 2.05) is 12.1 Å². The molecule has 0 aliphatic heterocycles. The Morgan fingerprint density at radius 2 is 1.30 bits per heavy atom. The van der Waals surface area contributed by atoms with Crippen LogP contribution in [0.1, 0.15) is 17.0 Å². The van der Waals surface area contributed by atoms with Gasteiger partial charge in [0.05, 0.1) is 28.6 Å². The molecule has 0 spiro atoms. The van der Waals surface area contributed by atoms with Crippen LogP contribution in [0.4, 0.5) is 17.1 Å². The van der Waals surface area contributed by atoms with E-state index in [1.54, 1.807) is 48.5 Å². The zero-order valence-corrected chi connectivity index (χ0v) is 15.8. The normalized spacial score (nSPS) is 10.5. The van der Waals surface area contributed by atoms with E-state index in [0.29, 0.717) is 11.1 Å². The van der Waals surface area contributed by atoms with Crippen LogP contribution in [0.25, 0.3) is 0 Å². The van der Waals surface area contributed by atoms with Gasteiger partial charge in [0.25, 0.3) is 5.75 Å². The number of methoxy groups -OCH3 is 1. The molecule has 9 nitrogen and oxygen atoms in total. The zero-order valence-electron chi connectivity index (χ0n) is 15.8. The molecule has 0 saturated heterocycles. The van der Waals surface area contributed by atoms with Gasteiger partial charge in [-0.1, -0.05) is 60.7 Å². The summed E-state index contributed by atoms with van der Waals surface area (Å²) in [6.07, 6.45) is 0. The van der Waals surface area contributed by atoms with E-state index in [4.69, 9.17) is 4.74 Å². The van der Waals surface area contributed by atoms with E-state index in [9.17, 15) is 25.0 Å². The van der Waals surface area contributed by atoms with Crippen LogP contribution >= 0.6 is 0 Å². The Hall–Kier alpha value is -4.27. The number of benzene rings is 3. The fourth-order valence-electron chi connectivity index (χ4n) is 3.15. The summed E-state index contributed by atoms with van der Waals surface area (Å²) in [4.78, 5) is 34.3. The summed E-state index contributed by atoms with van der Waals surface area (Å²) in [6.45, 7) is 0. The number of nitro benzene ring substituents is 2. The Kier molecular flexibility index (Phi) is 6.02. The second kappa shape index (κ2) is 8.82. The first-order chi connectivity index (χ1) is 14.4. The summed E-state index contributed by atoms with van der Waals surface area (Å²) in [5, 5.41) is 25.3. The van der Waals surface area contributed by atoms with Gasteiger partial charge in [0.1, 0.15) is 0 Å². The third kappa shape index (κ3) is 4.25. The molecule has 30 heavy (non-hydrogen) atoms. The van der Waals surface area contributed by atoms with E-state index in [-0.39, 0.29) is 5.69 Å². The summed E-state index contributed by atoms with van der Waals surface area (Å²) >= 11 is 0. The molecule has 0 aromatic heterocycles. The van der Waals surface area contributed by atoms with E-state index in [0.717, 1.165) is 19.2 Å². The monoisotopic (exact) mass is 407 g/mol. The Labute approximate surface area is 171 Å². The highest BCUT2D eigenvalue weighted by Crippen LogP contribution is 2.40. The van der Waals surface area contributed by atoms with Crippen LogP contribution in [0.15, 0.2) is 72.8 Å². The Balaban J connectivity index is 2.04. The largest absolute Gasteiger partial charge is 0.485 e. The van der Waals surface area contributed by atoms with E-state index < -0.39 is 38.8 Å². The summed E-state index contributed by atoms with van der Waals surface area (Å²) < 4.78 is 4.85. The molecular formula is C21H17N3O6. The molecular weight excluding hydrogens is 390 g/mol. The maximum absolute atomic E-state index is 13.1. The highest BCUT2D eigenvalue weighted by molar-refractivity contribution is 5.99. The third-order valence-corrected chi connectivity index (χ3v) is 4.44. The van der Waals surface area contributed by atoms with Gasteiger partial charge in [0.2, 0.25) is 5.91 Å². The number of hydrogen-bond acceptors (Lipinski definition) is 6. The molecule has 3 aromatic rings. The average molecular weight is 407 g/mol. The highest BCUT2D eigenvalue weighted by atomic mass is 16.6. The second-order valence-corrected chi connectivity index (χ2v) is 6.31. The van der Waals surface area contributed by atoms with Crippen LogP contribution in [-0.2, 0) is 4.79 Å². The predicted octanol–water partition coefficient (Wildman–Crippen LogP) is 4.28. The number of anilines is 1. The number of carbonyl (C=O) groups is 1. The fraction of sp³-hybridized carbons (Fsp3) is 0.0952. The Morgan fingerprint density at radius 1 is 0.867 bits per heavy atom. The highest BCUT2D eigenvalue weighted by Gasteiger charge is 2.30. The van der Waals surface area contributed by atoms with Crippen LogP contribution in [0.5, 0.6) is 5.75 Å². The zero-order chi connectivity index (χ0) is 21.7. The molecule has 3 rings (SSSR count). The van der Waals surface area contributed by atoms with Gasteiger partial charge in [0, 0.05) is 12.1 Å². The number of rotatable bonds is 7. The van der Waals surface area contributed by atoms with Crippen molar-refractivity contribution in [2.24, 2.45) is 0 Å². The number of hydrogen-bond donors (Lipinski definition) is 1. The average Bonchev–Trinajstić information content (AvgIpc) is 2.74. The lowest BCUT2D eigenvalue weighted by molar-refractivity contribution is -0.395. The van der Waals surface area contributed by atoms with E-state index >= 15 is 0 Å².